The fourth-order valence-corrected chi connectivity index (χ4v) is 3.98. The number of hydrogen-bond acceptors (Lipinski definition) is 2. The molecule has 0 saturated carbocycles. The van der Waals surface area contributed by atoms with Crippen LogP contribution < -0.4 is 0 Å². The van der Waals surface area contributed by atoms with Crippen LogP contribution in [0.25, 0.3) is 0 Å². The van der Waals surface area contributed by atoms with Crippen LogP contribution >= 0.6 is 11.3 Å². The van der Waals surface area contributed by atoms with Gasteiger partial charge in [0.2, 0.25) is 0 Å². The molecule has 86 valence electrons. The van der Waals surface area contributed by atoms with Gasteiger partial charge in [-0.1, -0.05) is 0 Å². The molecule has 16 heavy (non-hydrogen) atoms. The molecule has 1 atom stereocenters. The van der Waals surface area contributed by atoms with Crippen LogP contribution in [0.5, 0.6) is 0 Å². The standard InChI is InChI=1S/C13H18NOS/c1-14-5-2-10(3-6-14)12(8-14)13(15)11-4-7-16-9-11/h4,7,9-10,12H,2-3,5-6,8H2,1H3/q+1. The lowest BCUT2D eigenvalue weighted by Gasteiger charge is -2.50. The Morgan fingerprint density at radius 2 is 2.19 bits per heavy atom. The number of carbonyl (C=O) groups excluding carboxylic acids is 1. The maximum Gasteiger partial charge on any atom is 0.172 e. The van der Waals surface area contributed by atoms with Crippen LogP contribution in [0.3, 0.4) is 0 Å². The van der Waals surface area contributed by atoms with Crippen LogP contribution in [-0.2, 0) is 0 Å². The van der Waals surface area contributed by atoms with Crippen LogP contribution in [0.15, 0.2) is 16.8 Å². The highest BCUT2D eigenvalue weighted by atomic mass is 32.1. The minimum Gasteiger partial charge on any atom is -0.325 e. The number of quaternary nitrogens is 1. The monoisotopic (exact) mass is 236 g/mol. The Bertz CT molecular complexity index is 390. The van der Waals surface area contributed by atoms with Gasteiger partial charge in [0.25, 0.3) is 0 Å². The number of thiophene rings is 1. The first-order chi connectivity index (χ1) is 7.68. The van der Waals surface area contributed by atoms with Crippen LogP contribution in [-0.4, -0.2) is 36.9 Å². The van der Waals surface area contributed by atoms with E-state index in [1.165, 1.54) is 25.9 Å². The highest BCUT2D eigenvalue weighted by Gasteiger charge is 2.46. The largest absolute Gasteiger partial charge is 0.325 e. The third-order valence-corrected chi connectivity index (χ3v) is 5.11. The zero-order valence-electron chi connectivity index (χ0n) is 9.69. The van der Waals surface area contributed by atoms with Gasteiger partial charge < -0.3 is 4.48 Å². The van der Waals surface area contributed by atoms with Gasteiger partial charge >= 0.3 is 0 Å². The Balaban J connectivity index is 1.83. The van der Waals surface area contributed by atoms with Crippen molar-refractivity contribution in [3.8, 4) is 0 Å². The third-order valence-electron chi connectivity index (χ3n) is 4.43. The number of ketones is 1. The van der Waals surface area contributed by atoms with Crippen molar-refractivity contribution in [3.05, 3.63) is 22.4 Å². The summed E-state index contributed by atoms with van der Waals surface area (Å²) in [5, 5.41) is 4.00. The third kappa shape index (κ3) is 1.62. The molecule has 4 rings (SSSR count). The summed E-state index contributed by atoms with van der Waals surface area (Å²) in [4.78, 5) is 12.4. The number of rotatable bonds is 2. The van der Waals surface area contributed by atoms with Crippen LogP contribution in [0, 0.1) is 11.8 Å². The van der Waals surface area contributed by atoms with Gasteiger partial charge in [-0.2, -0.15) is 11.3 Å². The minimum atomic E-state index is 0.294. The molecule has 4 heterocycles. The summed E-state index contributed by atoms with van der Waals surface area (Å²) in [5.74, 6) is 1.35. The average molecular weight is 236 g/mol. The maximum atomic E-state index is 12.4. The number of nitrogens with zero attached hydrogens (tertiary/aromatic N) is 1. The Morgan fingerprint density at radius 1 is 1.44 bits per heavy atom. The lowest BCUT2D eigenvalue weighted by atomic mass is 9.74. The topological polar surface area (TPSA) is 17.1 Å². The Morgan fingerprint density at radius 3 is 2.75 bits per heavy atom. The van der Waals surface area contributed by atoms with Crippen molar-refractivity contribution in [2.45, 2.75) is 12.8 Å². The lowest BCUT2D eigenvalue weighted by molar-refractivity contribution is -0.927. The molecule has 3 aliphatic heterocycles. The second-order valence-electron chi connectivity index (χ2n) is 5.57. The van der Waals surface area contributed by atoms with E-state index in [1.807, 2.05) is 16.8 Å². The van der Waals surface area contributed by atoms with Gasteiger partial charge in [-0.05, 0) is 17.4 Å². The van der Waals surface area contributed by atoms with Gasteiger partial charge in [0.05, 0.1) is 32.6 Å². The van der Waals surface area contributed by atoms with E-state index in [4.69, 9.17) is 0 Å². The maximum absolute atomic E-state index is 12.4. The van der Waals surface area contributed by atoms with Crippen molar-refractivity contribution in [2.75, 3.05) is 26.7 Å². The van der Waals surface area contributed by atoms with Gasteiger partial charge in [0.15, 0.2) is 5.78 Å². The molecule has 3 aliphatic rings. The zero-order valence-corrected chi connectivity index (χ0v) is 10.5. The molecular formula is C13H18NOS+. The highest BCUT2D eigenvalue weighted by Crippen LogP contribution is 2.38. The lowest BCUT2D eigenvalue weighted by Crippen LogP contribution is -2.60. The number of carbonyl (C=O) groups is 1. The van der Waals surface area contributed by atoms with Crippen LogP contribution in [0.1, 0.15) is 23.2 Å². The Hall–Kier alpha value is -0.670. The summed E-state index contributed by atoms with van der Waals surface area (Å²) in [7, 11) is 2.31. The molecule has 2 bridgehead atoms. The van der Waals surface area contributed by atoms with Gasteiger partial charge in [-0.25, -0.2) is 0 Å². The molecular weight excluding hydrogens is 218 g/mol. The van der Waals surface area contributed by atoms with E-state index in [0.717, 1.165) is 16.6 Å². The molecule has 0 amide bonds. The second kappa shape index (κ2) is 3.67. The summed E-state index contributed by atoms with van der Waals surface area (Å²) < 4.78 is 1.12. The number of piperidine rings is 3. The molecule has 0 aliphatic carbocycles. The first-order valence-electron chi connectivity index (χ1n) is 6.08. The predicted octanol–water partition coefficient (Wildman–Crippen LogP) is 2.42. The SMILES string of the molecule is C[N+]12CCC(CC1)C(C(=O)c1ccsc1)C2. The molecule has 0 N–H and O–H groups in total. The normalized spacial score (nSPS) is 37.6. The summed E-state index contributed by atoms with van der Waals surface area (Å²) >= 11 is 1.63. The zero-order chi connectivity index (χ0) is 11.2. The number of fused-ring (bicyclic) bond motifs is 3. The van der Waals surface area contributed by atoms with Crippen LogP contribution in [0.4, 0.5) is 0 Å². The number of Topliss-reactive ketones (excluding diaryl/α,β-unsaturated/α-hetero) is 1. The summed E-state index contributed by atoms with van der Waals surface area (Å²) in [6, 6.07) is 1.98. The van der Waals surface area contributed by atoms with Crippen molar-refractivity contribution in [3.63, 3.8) is 0 Å². The molecule has 0 aromatic carbocycles. The average Bonchev–Trinajstić information content (AvgIpc) is 2.81. The van der Waals surface area contributed by atoms with Crippen molar-refractivity contribution < 1.29 is 9.28 Å². The molecule has 3 fully saturated rings. The van der Waals surface area contributed by atoms with E-state index >= 15 is 0 Å². The molecule has 2 nitrogen and oxygen atoms in total. The van der Waals surface area contributed by atoms with Crippen molar-refractivity contribution >= 4 is 17.1 Å². The second-order valence-corrected chi connectivity index (χ2v) is 6.35. The van der Waals surface area contributed by atoms with Gasteiger partial charge in [-0.3, -0.25) is 4.79 Å². The van der Waals surface area contributed by atoms with Gasteiger partial charge in [0.1, 0.15) is 0 Å². The first kappa shape index (κ1) is 10.5. The minimum absolute atomic E-state index is 0.294. The molecule has 0 spiro atoms. The highest BCUT2D eigenvalue weighted by molar-refractivity contribution is 7.08. The fourth-order valence-electron chi connectivity index (χ4n) is 3.34. The van der Waals surface area contributed by atoms with Crippen LogP contribution in [0.2, 0.25) is 0 Å². The smallest absolute Gasteiger partial charge is 0.172 e. The summed E-state index contributed by atoms with van der Waals surface area (Å²) in [6.45, 7) is 3.62. The Labute approximate surface area is 100 Å². The quantitative estimate of drug-likeness (QED) is 0.569. The van der Waals surface area contributed by atoms with E-state index in [2.05, 4.69) is 7.05 Å². The van der Waals surface area contributed by atoms with Crippen molar-refractivity contribution in [2.24, 2.45) is 11.8 Å². The first-order valence-corrected chi connectivity index (χ1v) is 7.02. The van der Waals surface area contributed by atoms with E-state index < -0.39 is 0 Å². The van der Waals surface area contributed by atoms with Crippen molar-refractivity contribution in [1.29, 1.82) is 0 Å². The Kier molecular flexibility index (Phi) is 2.41. The molecule has 3 heteroatoms. The fraction of sp³-hybridized carbons (Fsp3) is 0.615. The van der Waals surface area contributed by atoms with E-state index in [-0.39, 0.29) is 0 Å². The molecule has 3 saturated heterocycles. The van der Waals surface area contributed by atoms with E-state index in [0.29, 0.717) is 17.6 Å². The van der Waals surface area contributed by atoms with Gasteiger partial charge in [0, 0.05) is 23.8 Å². The predicted molar refractivity (Wildman–Crippen MR) is 65.6 cm³/mol. The summed E-state index contributed by atoms with van der Waals surface area (Å²) in [5.41, 5.74) is 0.940. The molecule has 1 aromatic heterocycles. The molecule has 0 radical (unpaired) electrons. The summed E-state index contributed by atoms with van der Waals surface area (Å²) in [6.07, 6.45) is 2.49. The van der Waals surface area contributed by atoms with Gasteiger partial charge in [-0.15, -0.1) is 0 Å². The van der Waals surface area contributed by atoms with Crippen molar-refractivity contribution in [1.82, 2.24) is 0 Å². The molecule has 1 aromatic rings. The molecule has 1 unspecified atom stereocenters. The van der Waals surface area contributed by atoms with E-state index in [1.54, 1.807) is 11.3 Å². The van der Waals surface area contributed by atoms with E-state index in [9.17, 15) is 4.79 Å². The number of hydrogen-bond donors (Lipinski definition) is 0.